The zero-order valence-corrected chi connectivity index (χ0v) is 49.7. The van der Waals surface area contributed by atoms with Gasteiger partial charge in [-0.3, -0.25) is 9.13 Å². The molecule has 0 saturated carbocycles. The Bertz CT molecular complexity index is 3800. The minimum absolute atomic E-state index is 0.0157. The van der Waals surface area contributed by atoms with Gasteiger partial charge in [-0.05, 0) is 156 Å². The molecule has 11 rings (SSSR count). The molecule has 0 unspecified atom stereocenters. The van der Waals surface area contributed by atoms with Crippen LogP contribution in [0.15, 0.2) is 79.4 Å². The van der Waals surface area contributed by atoms with Crippen molar-refractivity contribution in [2.45, 2.75) is 132 Å². The van der Waals surface area contributed by atoms with Gasteiger partial charge in [-0.15, -0.1) is 20.4 Å². The molecule has 3 N–H and O–H groups in total. The predicted octanol–water partition coefficient (Wildman–Crippen LogP) is 9.47. The number of rotatable bonds is 9. The van der Waals surface area contributed by atoms with Gasteiger partial charge in [0.15, 0.2) is 0 Å². The quantitative estimate of drug-likeness (QED) is 0.121. The number of likely N-dealkylation sites (tertiary alicyclic amines) is 2. The molecular formula is C58H70N18O6S. The van der Waals surface area contributed by atoms with Gasteiger partial charge in [0.2, 0.25) is 11.9 Å². The number of hydrogen-bond donors (Lipinski definition) is 3. The Morgan fingerprint density at radius 1 is 0.602 bits per heavy atom. The first-order chi connectivity index (χ1) is 39.6. The third kappa shape index (κ3) is 13.7. The molecule has 1 aromatic carbocycles. The molecule has 25 heteroatoms. The highest BCUT2D eigenvalue weighted by Gasteiger charge is 2.30. The molecule has 24 nitrogen and oxygen atoms in total. The molecule has 0 bridgehead atoms. The summed E-state index contributed by atoms with van der Waals surface area (Å²) in [5.74, 6) is 5.69. The van der Waals surface area contributed by atoms with E-state index in [-0.39, 0.29) is 24.3 Å². The molecule has 2 fully saturated rings. The number of fused-ring (bicyclic) bond motifs is 2. The second-order valence-electron chi connectivity index (χ2n) is 22.7. The normalized spacial score (nSPS) is 15.5. The van der Waals surface area contributed by atoms with Gasteiger partial charge in [-0.1, -0.05) is 18.2 Å². The number of nitrogens with zero attached hydrogens (tertiary/aromatic N) is 15. The standard InChI is InChI=1S/C32H37N9O2.C26H33N9O2.O2S/c1-20-17-33-30(34-23-11-10-16-39(18-23)31(42)43-32(4,5)6)36-28(20)26-19-40(24-12-8-7-9-13-24)29-25(26)14-15-27(35-29)41-21(2)37-38-22(41)3;1-15-12-28-24(29-18-8-7-11-34(14-18)25(36)37-26(4,5)6)31-22(15)20-13-27-23-19(20)9-10-21(30-23)35-16(2)32-33-17(35)3;1-3-2/h7-9,12-15,17,19,23H,10-11,16,18H2,1-6H3,(H,33,34,36);9-10,12-13,18H,7-8,11,14H2,1-6H3,(H,27,30)(H,28,29,31);/t23-;18-;/m00./s1. The van der Waals surface area contributed by atoms with Crippen molar-refractivity contribution in [2.75, 3.05) is 36.8 Å². The van der Waals surface area contributed by atoms with Crippen LogP contribution >= 0.6 is 0 Å². The molecule has 2 saturated heterocycles. The highest BCUT2D eigenvalue weighted by Crippen LogP contribution is 2.35. The molecule has 0 aliphatic carbocycles. The number of carbonyl (C=O) groups is 2. The van der Waals surface area contributed by atoms with Gasteiger partial charge in [-0.25, -0.2) is 39.5 Å². The van der Waals surface area contributed by atoms with Crippen LogP contribution in [0.4, 0.5) is 21.5 Å². The Hall–Kier alpha value is -9.00. The summed E-state index contributed by atoms with van der Waals surface area (Å²) in [6.07, 6.45) is 10.7. The second kappa shape index (κ2) is 24.6. The number of pyridine rings is 2. The summed E-state index contributed by atoms with van der Waals surface area (Å²) in [6.45, 7) is 25.4. The number of aromatic nitrogens is 14. The van der Waals surface area contributed by atoms with Crippen LogP contribution in [-0.4, -0.2) is 149 Å². The molecule has 83 heavy (non-hydrogen) atoms. The van der Waals surface area contributed by atoms with E-state index >= 15 is 0 Å². The summed E-state index contributed by atoms with van der Waals surface area (Å²) >= 11 is -0.750. The summed E-state index contributed by atoms with van der Waals surface area (Å²) in [6, 6.07) is 18.3. The zero-order chi connectivity index (χ0) is 59.3. The van der Waals surface area contributed by atoms with Crippen LogP contribution in [0.3, 0.4) is 0 Å². The topological polar surface area (TPSA) is 277 Å². The van der Waals surface area contributed by atoms with Gasteiger partial charge in [0, 0.05) is 90.6 Å². The number of aromatic amines is 1. The summed E-state index contributed by atoms with van der Waals surface area (Å²) in [5.41, 5.74) is 6.97. The smallest absolute Gasteiger partial charge is 0.410 e. The number of nitrogens with one attached hydrogen (secondary N) is 3. The second-order valence-corrected chi connectivity index (χ2v) is 22.8. The number of piperidine rings is 2. The van der Waals surface area contributed by atoms with Gasteiger partial charge >= 0.3 is 23.8 Å². The highest BCUT2D eigenvalue weighted by atomic mass is 32.1. The van der Waals surface area contributed by atoms with Crippen molar-refractivity contribution in [3.05, 3.63) is 114 Å². The van der Waals surface area contributed by atoms with E-state index in [0.29, 0.717) is 38.1 Å². The molecule has 2 amide bonds. The average molecular weight is 1150 g/mol. The van der Waals surface area contributed by atoms with Crippen LogP contribution in [0, 0.1) is 41.5 Å². The van der Waals surface area contributed by atoms with Crippen LogP contribution in [0.25, 0.3) is 61.9 Å². The molecule has 0 spiro atoms. The lowest BCUT2D eigenvalue weighted by Gasteiger charge is -2.34. The maximum Gasteiger partial charge on any atom is 0.410 e. The van der Waals surface area contributed by atoms with E-state index in [0.717, 1.165) is 122 Å². The number of aryl methyl sites for hydroxylation is 6. The molecule has 0 radical (unpaired) electrons. The fraction of sp³-hybridized carbons (Fsp3) is 0.414. The minimum atomic E-state index is -0.750. The number of ether oxygens (including phenoxy) is 2. The molecule has 10 heterocycles. The number of benzene rings is 1. The molecule has 2 aliphatic heterocycles. The van der Waals surface area contributed by atoms with E-state index < -0.39 is 22.8 Å². The van der Waals surface area contributed by atoms with Crippen LogP contribution < -0.4 is 10.6 Å². The molecular weight excluding hydrogens is 1080 g/mol. The number of H-pyrrole nitrogens is 1. The first-order valence-electron chi connectivity index (χ1n) is 27.5. The van der Waals surface area contributed by atoms with Crippen molar-refractivity contribution in [3.63, 3.8) is 0 Å². The number of hydrogen-bond acceptors (Lipinski definition) is 18. The monoisotopic (exact) mass is 1150 g/mol. The Labute approximate surface area is 484 Å². The Balaban J connectivity index is 0.000000193. The van der Waals surface area contributed by atoms with Crippen molar-refractivity contribution in [2.24, 2.45) is 0 Å². The fourth-order valence-corrected chi connectivity index (χ4v) is 10.2. The summed E-state index contributed by atoms with van der Waals surface area (Å²) in [7, 11) is 0. The molecule has 2 aliphatic rings. The molecule has 8 aromatic heterocycles. The van der Waals surface area contributed by atoms with Crippen molar-refractivity contribution in [3.8, 4) is 39.8 Å². The summed E-state index contributed by atoms with van der Waals surface area (Å²) < 4.78 is 33.7. The van der Waals surface area contributed by atoms with Crippen LogP contribution in [0.2, 0.25) is 0 Å². The summed E-state index contributed by atoms with van der Waals surface area (Å²) in [4.78, 5) is 60.9. The zero-order valence-electron chi connectivity index (χ0n) is 48.9. The molecule has 2 atom stereocenters. The van der Waals surface area contributed by atoms with E-state index in [1.807, 2.05) is 147 Å². The number of carbonyl (C=O) groups excluding carboxylic acids is 2. The van der Waals surface area contributed by atoms with Gasteiger partial charge in [0.05, 0.1) is 11.4 Å². The Morgan fingerprint density at radius 3 is 1.54 bits per heavy atom. The lowest BCUT2D eigenvalue weighted by Crippen LogP contribution is -2.47. The van der Waals surface area contributed by atoms with Gasteiger partial charge in [0.1, 0.15) is 57.4 Å². The number of amides is 2. The first-order valence-corrected chi connectivity index (χ1v) is 28.2. The average Bonchev–Trinajstić information content (AvgIpc) is 2.92. The van der Waals surface area contributed by atoms with Gasteiger partial charge in [0.25, 0.3) is 0 Å². The van der Waals surface area contributed by atoms with Crippen molar-refractivity contribution in [1.29, 1.82) is 0 Å². The first kappa shape index (κ1) is 58.6. The third-order valence-electron chi connectivity index (χ3n) is 13.9. The SMILES string of the molecule is Cc1cnc(N[C@H]2CCCN(C(=O)OC(C)(C)C)C2)nc1-c1c[nH]c2nc(-n3c(C)nnc3C)ccc12.Cc1cnc(N[C@H]2CCCN(C(=O)OC(C)(C)C)C2)nc1-c1cn(-c2ccccc2)c2nc(-n3c(C)nnc3C)ccc12.O=S=O. The maximum atomic E-state index is 12.7. The summed E-state index contributed by atoms with van der Waals surface area (Å²) in [5, 5.41) is 25.6. The van der Waals surface area contributed by atoms with Crippen molar-refractivity contribution in [1.82, 2.24) is 78.8 Å². The predicted molar refractivity (Wildman–Crippen MR) is 315 cm³/mol. The number of anilines is 2. The third-order valence-corrected chi connectivity index (χ3v) is 13.9. The molecule has 434 valence electrons. The van der Waals surface area contributed by atoms with E-state index in [9.17, 15) is 9.59 Å². The lowest BCUT2D eigenvalue weighted by atomic mass is 10.1. The fourth-order valence-electron chi connectivity index (χ4n) is 10.2. The van der Waals surface area contributed by atoms with Crippen LogP contribution in [-0.2, 0) is 21.0 Å². The van der Waals surface area contributed by atoms with Crippen LogP contribution in [0.1, 0.15) is 102 Å². The van der Waals surface area contributed by atoms with E-state index in [1.54, 1.807) is 9.80 Å². The van der Waals surface area contributed by atoms with E-state index in [4.69, 9.17) is 37.8 Å². The Morgan fingerprint density at radius 2 is 1.06 bits per heavy atom. The van der Waals surface area contributed by atoms with Gasteiger partial charge < -0.3 is 39.5 Å². The Kier molecular flexibility index (Phi) is 17.4. The van der Waals surface area contributed by atoms with E-state index in [1.165, 1.54) is 0 Å². The van der Waals surface area contributed by atoms with Crippen LogP contribution in [0.5, 0.6) is 0 Å². The lowest BCUT2D eigenvalue weighted by molar-refractivity contribution is 0.0196. The van der Waals surface area contributed by atoms with Gasteiger partial charge in [-0.2, -0.15) is 8.42 Å². The highest BCUT2D eigenvalue weighted by molar-refractivity contribution is 7.51. The number of para-hydroxylation sites is 1. The largest absolute Gasteiger partial charge is 0.444 e. The molecule has 9 aromatic rings. The maximum absolute atomic E-state index is 12.7. The minimum Gasteiger partial charge on any atom is -0.444 e. The van der Waals surface area contributed by atoms with Crippen molar-refractivity contribution < 1.29 is 27.5 Å². The van der Waals surface area contributed by atoms with Crippen molar-refractivity contribution >= 4 is 57.7 Å². The van der Waals surface area contributed by atoms with E-state index in [2.05, 4.69) is 74.9 Å².